The molecule has 0 aromatic heterocycles. The van der Waals surface area contributed by atoms with Gasteiger partial charge in [0.15, 0.2) is 11.5 Å². The topological polar surface area (TPSA) is 67.9 Å². The maximum absolute atomic E-state index is 14.2. The van der Waals surface area contributed by atoms with Crippen molar-refractivity contribution in [3.05, 3.63) is 59.4 Å². The molecule has 1 fully saturated rings. The first kappa shape index (κ1) is 18.7. The second-order valence-corrected chi connectivity index (χ2v) is 6.17. The molecule has 0 saturated carbocycles. The van der Waals surface area contributed by atoms with E-state index in [4.69, 9.17) is 9.47 Å². The Morgan fingerprint density at radius 3 is 2.63 bits per heavy atom. The molecule has 6 nitrogen and oxygen atoms in total. The fourth-order valence-corrected chi connectivity index (χ4v) is 3.21. The van der Waals surface area contributed by atoms with E-state index in [9.17, 15) is 14.0 Å². The third-order valence-electron chi connectivity index (χ3n) is 4.54. The Morgan fingerprint density at radius 1 is 1.19 bits per heavy atom. The first-order valence-electron chi connectivity index (χ1n) is 8.57. The second kappa shape index (κ2) is 8.07. The molecular formula is C20H21FN2O4. The van der Waals surface area contributed by atoms with E-state index >= 15 is 0 Å². The van der Waals surface area contributed by atoms with Crippen LogP contribution in [0, 0.1) is 5.82 Å². The minimum atomic E-state index is -0.979. The first-order chi connectivity index (χ1) is 13.0. The Kier molecular flexibility index (Phi) is 5.59. The summed E-state index contributed by atoms with van der Waals surface area (Å²) in [5.74, 6) is -0.0686. The number of amides is 2. The van der Waals surface area contributed by atoms with Gasteiger partial charge in [-0.2, -0.15) is 0 Å². The second-order valence-electron chi connectivity index (χ2n) is 6.17. The van der Waals surface area contributed by atoms with Crippen LogP contribution in [0.15, 0.2) is 42.5 Å². The zero-order valence-corrected chi connectivity index (χ0v) is 15.2. The molecule has 0 bridgehead atoms. The van der Waals surface area contributed by atoms with Crippen LogP contribution < -0.4 is 14.8 Å². The van der Waals surface area contributed by atoms with E-state index < -0.39 is 11.9 Å². The quantitative estimate of drug-likeness (QED) is 0.873. The zero-order chi connectivity index (χ0) is 19.4. The minimum Gasteiger partial charge on any atom is -0.493 e. The maximum atomic E-state index is 14.2. The lowest BCUT2D eigenvalue weighted by Gasteiger charge is -2.35. The molecule has 7 heteroatoms. The number of nitrogens with one attached hydrogen (secondary N) is 1. The molecule has 1 unspecified atom stereocenters. The lowest BCUT2D eigenvalue weighted by atomic mass is 10.0. The van der Waals surface area contributed by atoms with Crippen molar-refractivity contribution >= 4 is 11.8 Å². The van der Waals surface area contributed by atoms with Gasteiger partial charge in [0.05, 0.1) is 20.6 Å². The summed E-state index contributed by atoms with van der Waals surface area (Å²) in [6.45, 7) is 0.651. The summed E-state index contributed by atoms with van der Waals surface area (Å²) >= 11 is 0. The Balaban J connectivity index is 1.86. The van der Waals surface area contributed by atoms with Crippen molar-refractivity contribution in [2.45, 2.75) is 12.5 Å². The molecule has 1 aliphatic rings. The van der Waals surface area contributed by atoms with Crippen LogP contribution in [-0.2, 0) is 16.0 Å². The highest BCUT2D eigenvalue weighted by Crippen LogP contribution is 2.29. The predicted octanol–water partition coefficient (Wildman–Crippen LogP) is 2.09. The number of methoxy groups -OCH3 is 2. The van der Waals surface area contributed by atoms with Crippen molar-refractivity contribution in [2.75, 3.05) is 27.3 Å². The van der Waals surface area contributed by atoms with E-state index in [2.05, 4.69) is 5.32 Å². The van der Waals surface area contributed by atoms with Gasteiger partial charge in [-0.25, -0.2) is 4.39 Å². The van der Waals surface area contributed by atoms with Gasteiger partial charge in [-0.05, 0) is 23.8 Å². The fraction of sp³-hybridized carbons (Fsp3) is 0.300. The highest BCUT2D eigenvalue weighted by molar-refractivity contribution is 5.90. The molecule has 2 amide bonds. The summed E-state index contributed by atoms with van der Waals surface area (Å²) in [6, 6.07) is 10.2. The lowest BCUT2D eigenvalue weighted by molar-refractivity contribution is -0.143. The van der Waals surface area contributed by atoms with Gasteiger partial charge in [0, 0.05) is 18.7 Å². The third kappa shape index (κ3) is 3.86. The van der Waals surface area contributed by atoms with E-state index in [-0.39, 0.29) is 23.8 Å². The fourth-order valence-electron chi connectivity index (χ4n) is 3.21. The van der Waals surface area contributed by atoms with Gasteiger partial charge in [0.1, 0.15) is 11.9 Å². The average Bonchev–Trinajstić information content (AvgIpc) is 2.68. The summed E-state index contributed by atoms with van der Waals surface area (Å²) in [5.41, 5.74) is 0.909. The van der Waals surface area contributed by atoms with Crippen LogP contribution in [0.5, 0.6) is 11.5 Å². The van der Waals surface area contributed by atoms with Crippen LogP contribution in [-0.4, -0.2) is 44.0 Å². The molecule has 2 aromatic carbocycles. The number of hydrogen-bond acceptors (Lipinski definition) is 4. The van der Waals surface area contributed by atoms with Gasteiger partial charge in [-0.1, -0.05) is 24.3 Å². The van der Waals surface area contributed by atoms with E-state index in [0.29, 0.717) is 24.6 Å². The van der Waals surface area contributed by atoms with Crippen molar-refractivity contribution in [1.29, 1.82) is 0 Å². The molecule has 1 heterocycles. The molecule has 0 radical (unpaired) electrons. The standard InChI is InChI=1S/C20H21FN2O4/c1-26-16-8-7-13(11-17(16)27-2)12-18(24)23-10-9-22-20(25)19(23)14-5-3-4-6-15(14)21/h3-8,11,19H,9-10,12H2,1-2H3,(H,22,25). The molecule has 1 atom stereocenters. The number of carbonyl (C=O) groups excluding carboxylic acids is 2. The number of rotatable bonds is 5. The van der Waals surface area contributed by atoms with Gasteiger partial charge in [0.25, 0.3) is 0 Å². The maximum Gasteiger partial charge on any atom is 0.247 e. The average molecular weight is 372 g/mol. The molecule has 1 saturated heterocycles. The summed E-state index contributed by atoms with van der Waals surface area (Å²) in [4.78, 5) is 26.7. The van der Waals surface area contributed by atoms with Gasteiger partial charge in [-0.3, -0.25) is 9.59 Å². The van der Waals surface area contributed by atoms with E-state index in [1.54, 1.807) is 30.3 Å². The SMILES string of the molecule is COc1ccc(CC(=O)N2CCNC(=O)C2c2ccccc2F)cc1OC. The first-order valence-corrected chi connectivity index (χ1v) is 8.57. The molecule has 2 aromatic rings. The van der Waals surface area contributed by atoms with Crippen molar-refractivity contribution in [2.24, 2.45) is 0 Å². The van der Waals surface area contributed by atoms with E-state index in [1.807, 2.05) is 0 Å². The number of ether oxygens (including phenoxy) is 2. The predicted molar refractivity (Wildman–Crippen MR) is 97.1 cm³/mol. The van der Waals surface area contributed by atoms with Crippen LogP contribution >= 0.6 is 0 Å². The van der Waals surface area contributed by atoms with Crippen LogP contribution in [0.25, 0.3) is 0 Å². The molecule has 1 N–H and O–H groups in total. The molecule has 27 heavy (non-hydrogen) atoms. The highest BCUT2D eigenvalue weighted by Gasteiger charge is 2.35. The van der Waals surface area contributed by atoms with E-state index in [1.165, 1.54) is 31.3 Å². The Labute approximate surface area is 156 Å². The van der Waals surface area contributed by atoms with Crippen molar-refractivity contribution in [1.82, 2.24) is 10.2 Å². The molecule has 1 aliphatic heterocycles. The number of carbonyl (C=O) groups is 2. The Bertz CT molecular complexity index is 856. The van der Waals surface area contributed by atoms with Crippen LogP contribution in [0.2, 0.25) is 0 Å². The highest BCUT2D eigenvalue weighted by atomic mass is 19.1. The molecular weight excluding hydrogens is 351 g/mol. The summed E-state index contributed by atoms with van der Waals surface area (Å²) in [6.07, 6.45) is 0.0680. The lowest BCUT2D eigenvalue weighted by Crippen LogP contribution is -2.52. The van der Waals surface area contributed by atoms with Gasteiger partial charge in [0.2, 0.25) is 11.8 Å². The monoisotopic (exact) mass is 372 g/mol. The molecule has 3 rings (SSSR count). The van der Waals surface area contributed by atoms with Gasteiger partial charge < -0.3 is 19.7 Å². The van der Waals surface area contributed by atoms with Crippen LogP contribution in [0.4, 0.5) is 4.39 Å². The van der Waals surface area contributed by atoms with Crippen molar-refractivity contribution in [3.8, 4) is 11.5 Å². The third-order valence-corrected chi connectivity index (χ3v) is 4.54. The van der Waals surface area contributed by atoms with Gasteiger partial charge >= 0.3 is 0 Å². The number of halogens is 1. The van der Waals surface area contributed by atoms with Crippen LogP contribution in [0.3, 0.4) is 0 Å². The number of hydrogen-bond donors (Lipinski definition) is 1. The summed E-state index contributed by atoms with van der Waals surface area (Å²) < 4.78 is 24.7. The smallest absolute Gasteiger partial charge is 0.247 e. The number of benzene rings is 2. The largest absolute Gasteiger partial charge is 0.493 e. The Hall–Kier alpha value is -3.09. The molecule has 0 aliphatic carbocycles. The van der Waals surface area contributed by atoms with Crippen LogP contribution in [0.1, 0.15) is 17.2 Å². The number of nitrogens with zero attached hydrogens (tertiary/aromatic N) is 1. The van der Waals surface area contributed by atoms with Crippen molar-refractivity contribution < 1.29 is 23.5 Å². The zero-order valence-electron chi connectivity index (χ0n) is 15.2. The minimum absolute atomic E-state index is 0.0680. The molecule has 142 valence electrons. The van der Waals surface area contributed by atoms with Crippen molar-refractivity contribution in [3.63, 3.8) is 0 Å². The normalized spacial score (nSPS) is 16.6. The summed E-state index contributed by atoms with van der Waals surface area (Å²) in [7, 11) is 3.06. The van der Waals surface area contributed by atoms with Gasteiger partial charge in [-0.15, -0.1) is 0 Å². The molecule has 0 spiro atoms. The Morgan fingerprint density at radius 2 is 1.93 bits per heavy atom. The summed E-state index contributed by atoms with van der Waals surface area (Å²) in [5, 5.41) is 2.70. The van der Waals surface area contributed by atoms with E-state index in [0.717, 1.165) is 5.56 Å². The number of piperazine rings is 1.